The Bertz CT molecular complexity index is 500. The van der Waals surface area contributed by atoms with Crippen LogP contribution in [0.15, 0.2) is 18.5 Å². The zero-order valence-electron chi connectivity index (χ0n) is 12.0. The molecule has 1 unspecified atom stereocenters. The van der Waals surface area contributed by atoms with Gasteiger partial charge in [0, 0.05) is 25.5 Å². The predicted molar refractivity (Wildman–Crippen MR) is 76.6 cm³/mol. The summed E-state index contributed by atoms with van der Waals surface area (Å²) in [5.74, 6) is 6.01. The number of nitrogens with zero attached hydrogens (tertiary/aromatic N) is 2. The van der Waals surface area contributed by atoms with Crippen LogP contribution in [-0.4, -0.2) is 35.4 Å². The van der Waals surface area contributed by atoms with Crippen molar-refractivity contribution in [1.29, 1.82) is 0 Å². The third kappa shape index (κ3) is 3.80. The van der Waals surface area contributed by atoms with Crippen molar-refractivity contribution in [3.05, 3.63) is 29.6 Å². The lowest BCUT2D eigenvalue weighted by Gasteiger charge is -2.28. The Kier molecular flexibility index (Phi) is 5.53. The maximum absolute atomic E-state index is 12.5. The highest BCUT2D eigenvalue weighted by Crippen LogP contribution is 2.14. The van der Waals surface area contributed by atoms with Crippen LogP contribution in [0.2, 0.25) is 0 Å². The average molecular weight is 259 g/mol. The molecule has 102 valence electrons. The van der Waals surface area contributed by atoms with Gasteiger partial charge in [0.25, 0.3) is 5.91 Å². The fourth-order valence-electron chi connectivity index (χ4n) is 1.65. The first-order valence-electron chi connectivity index (χ1n) is 6.39. The first-order valence-corrected chi connectivity index (χ1v) is 6.39. The minimum atomic E-state index is -0.0371. The smallest absolute Gasteiger partial charge is 0.255 e. The number of carbonyl (C=O) groups excluding carboxylic acids is 1. The van der Waals surface area contributed by atoms with E-state index in [0.29, 0.717) is 17.0 Å². The molecule has 0 aromatic carbocycles. The Morgan fingerprint density at radius 2 is 2.16 bits per heavy atom. The molecule has 4 heteroatoms. The fraction of sp³-hybridized carbons (Fsp3) is 0.467. The van der Waals surface area contributed by atoms with Gasteiger partial charge < -0.3 is 10.6 Å². The minimum Gasteiger partial charge on any atom is -0.339 e. The molecule has 0 fully saturated rings. The molecule has 0 radical (unpaired) electrons. The molecule has 4 nitrogen and oxygen atoms in total. The van der Waals surface area contributed by atoms with Gasteiger partial charge in [0.05, 0.1) is 17.7 Å². The summed E-state index contributed by atoms with van der Waals surface area (Å²) in [6.07, 6.45) is 3.21. The first kappa shape index (κ1) is 15.2. The van der Waals surface area contributed by atoms with Gasteiger partial charge in [-0.05, 0) is 18.9 Å². The molecule has 0 aliphatic carbocycles. The molecular weight excluding hydrogens is 238 g/mol. The van der Waals surface area contributed by atoms with Crippen molar-refractivity contribution in [1.82, 2.24) is 9.88 Å². The van der Waals surface area contributed by atoms with E-state index in [0.717, 1.165) is 0 Å². The lowest BCUT2D eigenvalue weighted by molar-refractivity contribution is 0.0706. The van der Waals surface area contributed by atoms with Crippen LogP contribution in [-0.2, 0) is 0 Å². The number of nitrogens with two attached hydrogens (primary N) is 1. The highest BCUT2D eigenvalue weighted by molar-refractivity contribution is 5.96. The number of rotatable bonds is 3. The van der Waals surface area contributed by atoms with E-state index in [1.165, 1.54) is 0 Å². The number of amides is 1. The summed E-state index contributed by atoms with van der Waals surface area (Å²) >= 11 is 0. The zero-order valence-corrected chi connectivity index (χ0v) is 12.0. The molecule has 0 aliphatic rings. The van der Waals surface area contributed by atoms with Gasteiger partial charge in [-0.3, -0.25) is 9.78 Å². The molecule has 0 saturated carbocycles. The van der Waals surface area contributed by atoms with Gasteiger partial charge in [0.15, 0.2) is 0 Å². The highest BCUT2D eigenvalue weighted by atomic mass is 16.2. The van der Waals surface area contributed by atoms with E-state index in [-0.39, 0.29) is 18.5 Å². The molecule has 0 spiro atoms. The summed E-state index contributed by atoms with van der Waals surface area (Å²) in [5, 5.41) is 0. The van der Waals surface area contributed by atoms with E-state index in [9.17, 15) is 4.79 Å². The first-order chi connectivity index (χ1) is 8.99. The van der Waals surface area contributed by atoms with E-state index in [1.807, 2.05) is 14.0 Å². The van der Waals surface area contributed by atoms with Gasteiger partial charge in [-0.1, -0.05) is 25.7 Å². The van der Waals surface area contributed by atoms with Crippen molar-refractivity contribution in [3.8, 4) is 11.8 Å². The van der Waals surface area contributed by atoms with E-state index in [1.54, 1.807) is 23.4 Å². The summed E-state index contributed by atoms with van der Waals surface area (Å²) in [7, 11) is 1.81. The van der Waals surface area contributed by atoms with Gasteiger partial charge in [-0.2, -0.15) is 0 Å². The largest absolute Gasteiger partial charge is 0.339 e. The topological polar surface area (TPSA) is 59.2 Å². The van der Waals surface area contributed by atoms with Crippen LogP contribution in [0.1, 0.15) is 36.7 Å². The fourth-order valence-corrected chi connectivity index (χ4v) is 1.65. The van der Waals surface area contributed by atoms with Crippen LogP contribution in [0.5, 0.6) is 0 Å². The third-order valence-electron chi connectivity index (χ3n) is 3.27. The second-order valence-corrected chi connectivity index (χ2v) is 4.83. The van der Waals surface area contributed by atoms with Crippen molar-refractivity contribution < 1.29 is 4.79 Å². The van der Waals surface area contributed by atoms with E-state index >= 15 is 0 Å². The number of hydrogen-bond donors (Lipinski definition) is 1. The van der Waals surface area contributed by atoms with Crippen LogP contribution in [0.3, 0.4) is 0 Å². The number of hydrogen-bond acceptors (Lipinski definition) is 3. The maximum Gasteiger partial charge on any atom is 0.255 e. The van der Waals surface area contributed by atoms with Crippen LogP contribution in [0.25, 0.3) is 0 Å². The molecule has 0 bridgehead atoms. The van der Waals surface area contributed by atoms with Crippen molar-refractivity contribution >= 4 is 5.91 Å². The monoisotopic (exact) mass is 259 g/mol. The quantitative estimate of drug-likeness (QED) is 0.837. The molecule has 0 saturated heterocycles. The SMILES string of the molecule is CC(C)C(C)N(C)C(=O)c1ccncc1C#CCN. The van der Waals surface area contributed by atoms with Crippen LogP contribution >= 0.6 is 0 Å². The Morgan fingerprint density at radius 3 is 2.74 bits per heavy atom. The Labute approximate surface area is 115 Å². The molecule has 1 rings (SSSR count). The molecular formula is C15H21N3O. The van der Waals surface area contributed by atoms with Crippen molar-refractivity contribution in [2.24, 2.45) is 11.7 Å². The van der Waals surface area contributed by atoms with Gasteiger partial charge in [-0.25, -0.2) is 0 Å². The molecule has 0 aliphatic heterocycles. The maximum atomic E-state index is 12.5. The van der Waals surface area contributed by atoms with E-state index in [2.05, 4.69) is 30.7 Å². The summed E-state index contributed by atoms with van der Waals surface area (Å²) in [6, 6.07) is 1.86. The summed E-state index contributed by atoms with van der Waals surface area (Å²) in [6.45, 7) is 6.49. The number of carbonyl (C=O) groups is 1. The van der Waals surface area contributed by atoms with Crippen LogP contribution in [0, 0.1) is 17.8 Å². The molecule has 1 aromatic heterocycles. The van der Waals surface area contributed by atoms with Crippen molar-refractivity contribution in [2.45, 2.75) is 26.8 Å². The van der Waals surface area contributed by atoms with Gasteiger partial charge in [-0.15, -0.1) is 0 Å². The summed E-state index contributed by atoms with van der Waals surface area (Å²) in [4.78, 5) is 18.2. The Balaban J connectivity index is 3.06. The van der Waals surface area contributed by atoms with Crippen molar-refractivity contribution in [2.75, 3.05) is 13.6 Å². The third-order valence-corrected chi connectivity index (χ3v) is 3.27. The average Bonchev–Trinajstić information content (AvgIpc) is 2.42. The van der Waals surface area contributed by atoms with Gasteiger partial charge in [0.1, 0.15) is 0 Å². The highest BCUT2D eigenvalue weighted by Gasteiger charge is 2.21. The Hall–Kier alpha value is -1.86. The van der Waals surface area contributed by atoms with E-state index in [4.69, 9.17) is 5.73 Å². The standard InChI is InChI=1S/C15H21N3O/c1-11(2)12(3)18(4)15(19)14-7-9-17-10-13(14)6-5-8-16/h7,9-12H,8,16H2,1-4H3. The lowest BCUT2D eigenvalue weighted by Crippen LogP contribution is -2.38. The van der Waals surface area contributed by atoms with Crippen LogP contribution < -0.4 is 5.73 Å². The number of aromatic nitrogens is 1. The molecule has 2 N–H and O–H groups in total. The molecule has 1 atom stereocenters. The second-order valence-electron chi connectivity index (χ2n) is 4.83. The normalized spacial score (nSPS) is 11.7. The zero-order chi connectivity index (χ0) is 14.4. The molecule has 19 heavy (non-hydrogen) atoms. The minimum absolute atomic E-state index is 0.0371. The molecule has 1 heterocycles. The van der Waals surface area contributed by atoms with E-state index < -0.39 is 0 Å². The van der Waals surface area contributed by atoms with Gasteiger partial charge in [0.2, 0.25) is 0 Å². The molecule has 1 amide bonds. The number of pyridine rings is 1. The summed E-state index contributed by atoms with van der Waals surface area (Å²) in [5.41, 5.74) is 6.56. The summed E-state index contributed by atoms with van der Waals surface area (Å²) < 4.78 is 0. The van der Waals surface area contributed by atoms with Gasteiger partial charge >= 0.3 is 0 Å². The predicted octanol–water partition coefficient (Wildman–Crippen LogP) is 1.51. The van der Waals surface area contributed by atoms with Crippen molar-refractivity contribution in [3.63, 3.8) is 0 Å². The molecule has 1 aromatic rings. The second kappa shape index (κ2) is 6.91. The lowest BCUT2D eigenvalue weighted by atomic mass is 10.0. The Morgan fingerprint density at radius 1 is 1.47 bits per heavy atom. The van der Waals surface area contributed by atoms with Crippen LogP contribution in [0.4, 0.5) is 0 Å².